The normalized spacial score (nSPS) is 19.0. The molecule has 0 radical (unpaired) electrons. The van der Waals surface area contributed by atoms with E-state index in [0.717, 1.165) is 43.2 Å². The molecule has 2 saturated heterocycles. The molecule has 1 amide bonds. The van der Waals surface area contributed by atoms with Crippen molar-refractivity contribution < 1.29 is 14.3 Å². The number of aromatic nitrogens is 2. The monoisotopic (exact) mass is 438 g/mol. The molecule has 3 aliphatic rings. The van der Waals surface area contributed by atoms with Gasteiger partial charge in [-0.05, 0) is 26.0 Å². The summed E-state index contributed by atoms with van der Waals surface area (Å²) in [6.07, 6.45) is 0. The van der Waals surface area contributed by atoms with Gasteiger partial charge in [0.25, 0.3) is 5.91 Å². The lowest BCUT2D eigenvalue weighted by molar-refractivity contribution is 0.0726. The van der Waals surface area contributed by atoms with Crippen molar-refractivity contribution in [3.05, 3.63) is 35.5 Å². The summed E-state index contributed by atoms with van der Waals surface area (Å²) in [4.78, 5) is 29.0. The molecular weight excluding hydrogens is 408 g/mol. The topological polar surface area (TPSA) is 83.1 Å². The quantitative estimate of drug-likeness (QED) is 0.761. The highest BCUT2D eigenvalue weighted by Crippen LogP contribution is 2.35. The van der Waals surface area contributed by atoms with E-state index in [9.17, 15) is 4.79 Å². The Hall–Kier alpha value is -2.91. The van der Waals surface area contributed by atoms with Gasteiger partial charge in [0.1, 0.15) is 11.5 Å². The molecule has 1 aromatic carbocycles. The number of hydrogen-bond donors (Lipinski definition) is 1. The van der Waals surface area contributed by atoms with Crippen LogP contribution in [0.5, 0.6) is 0 Å². The zero-order chi connectivity index (χ0) is 22.1. The molecule has 0 saturated carbocycles. The Morgan fingerprint density at radius 1 is 0.938 bits per heavy atom. The third kappa shape index (κ3) is 3.98. The lowest BCUT2D eigenvalue weighted by atomic mass is 10.2. The molecule has 0 bridgehead atoms. The molecule has 9 heteroatoms. The van der Waals surface area contributed by atoms with E-state index in [1.165, 1.54) is 0 Å². The Balaban J connectivity index is 1.53. The number of ether oxygens (including phenoxy) is 2. The zero-order valence-electron chi connectivity index (χ0n) is 18.7. The van der Waals surface area contributed by atoms with E-state index < -0.39 is 0 Å². The predicted molar refractivity (Wildman–Crippen MR) is 123 cm³/mol. The third-order valence-electron chi connectivity index (χ3n) is 6.21. The summed E-state index contributed by atoms with van der Waals surface area (Å²) >= 11 is 0. The number of amides is 1. The van der Waals surface area contributed by atoms with Gasteiger partial charge in [0.05, 0.1) is 44.3 Å². The first kappa shape index (κ1) is 21.0. The fourth-order valence-corrected chi connectivity index (χ4v) is 4.39. The summed E-state index contributed by atoms with van der Waals surface area (Å²) in [7, 11) is 0. The van der Waals surface area contributed by atoms with Gasteiger partial charge in [-0.2, -0.15) is 4.98 Å². The first-order valence-corrected chi connectivity index (χ1v) is 11.3. The molecule has 9 nitrogen and oxygen atoms in total. The Bertz CT molecular complexity index is 986. The van der Waals surface area contributed by atoms with Crippen molar-refractivity contribution in [3.63, 3.8) is 0 Å². The summed E-state index contributed by atoms with van der Waals surface area (Å²) in [5, 5.41) is 3.56. The maximum Gasteiger partial charge on any atom is 0.273 e. The van der Waals surface area contributed by atoms with Gasteiger partial charge >= 0.3 is 0 Å². The molecule has 0 spiro atoms. The Labute approximate surface area is 188 Å². The molecule has 2 fully saturated rings. The van der Waals surface area contributed by atoms with Crippen molar-refractivity contribution in [2.45, 2.75) is 26.4 Å². The molecule has 5 rings (SSSR count). The molecule has 4 heterocycles. The number of para-hydroxylation sites is 2. The SMILES string of the molecule is CC(C)N1Cc2c(Nc3ccccc3N3CCOCC3)nc(N3CCOCC3)nc2C1=O. The van der Waals surface area contributed by atoms with Crippen LogP contribution in [-0.4, -0.2) is 79.4 Å². The van der Waals surface area contributed by atoms with Gasteiger partial charge in [-0.15, -0.1) is 0 Å². The number of morpholine rings is 2. The van der Waals surface area contributed by atoms with Crippen molar-refractivity contribution in [2.24, 2.45) is 0 Å². The van der Waals surface area contributed by atoms with Gasteiger partial charge < -0.3 is 29.5 Å². The largest absolute Gasteiger partial charge is 0.378 e. The summed E-state index contributed by atoms with van der Waals surface area (Å²) in [5.41, 5.74) is 3.44. The van der Waals surface area contributed by atoms with Crippen LogP contribution in [0.15, 0.2) is 24.3 Å². The van der Waals surface area contributed by atoms with Crippen molar-refractivity contribution >= 4 is 29.0 Å². The molecule has 1 N–H and O–H groups in total. The maximum atomic E-state index is 13.1. The number of carbonyl (C=O) groups excluding carboxylic acids is 1. The summed E-state index contributed by atoms with van der Waals surface area (Å²) in [5.74, 6) is 1.25. The van der Waals surface area contributed by atoms with Gasteiger partial charge in [0, 0.05) is 37.8 Å². The van der Waals surface area contributed by atoms with E-state index in [1.807, 2.05) is 30.9 Å². The lowest BCUT2D eigenvalue weighted by Crippen LogP contribution is -2.38. The minimum atomic E-state index is -0.0311. The predicted octanol–water partition coefficient (Wildman–Crippen LogP) is 2.26. The molecule has 0 unspecified atom stereocenters. The molecule has 1 aromatic heterocycles. The van der Waals surface area contributed by atoms with Crippen LogP contribution >= 0.6 is 0 Å². The molecule has 2 aromatic rings. The molecule has 32 heavy (non-hydrogen) atoms. The van der Waals surface area contributed by atoms with E-state index in [4.69, 9.17) is 19.4 Å². The fraction of sp³-hybridized carbons (Fsp3) is 0.522. The summed E-state index contributed by atoms with van der Waals surface area (Å²) in [6.45, 7) is 10.4. The van der Waals surface area contributed by atoms with Gasteiger partial charge in [-0.1, -0.05) is 12.1 Å². The number of carbonyl (C=O) groups is 1. The van der Waals surface area contributed by atoms with Crippen LogP contribution in [0.25, 0.3) is 0 Å². The molecule has 0 atom stereocenters. The van der Waals surface area contributed by atoms with E-state index in [1.54, 1.807) is 0 Å². The number of rotatable bonds is 5. The van der Waals surface area contributed by atoms with Crippen LogP contribution in [0.1, 0.15) is 29.9 Å². The van der Waals surface area contributed by atoms with Crippen molar-refractivity contribution in [3.8, 4) is 0 Å². The Morgan fingerprint density at radius 2 is 1.59 bits per heavy atom. The average molecular weight is 439 g/mol. The number of anilines is 4. The van der Waals surface area contributed by atoms with Crippen LogP contribution in [0, 0.1) is 0 Å². The Kier molecular flexibility index (Phi) is 5.84. The number of hydrogen-bond acceptors (Lipinski definition) is 8. The summed E-state index contributed by atoms with van der Waals surface area (Å²) in [6, 6.07) is 8.33. The van der Waals surface area contributed by atoms with Gasteiger partial charge in [0.2, 0.25) is 5.95 Å². The molecule has 170 valence electrons. The third-order valence-corrected chi connectivity index (χ3v) is 6.21. The average Bonchev–Trinajstić information content (AvgIpc) is 3.18. The van der Waals surface area contributed by atoms with Gasteiger partial charge in [-0.25, -0.2) is 4.98 Å². The molecule has 0 aliphatic carbocycles. The van der Waals surface area contributed by atoms with E-state index in [0.29, 0.717) is 50.3 Å². The van der Waals surface area contributed by atoms with Crippen molar-refractivity contribution in [2.75, 3.05) is 67.7 Å². The lowest BCUT2D eigenvalue weighted by Gasteiger charge is -2.31. The van der Waals surface area contributed by atoms with Gasteiger partial charge in [0.15, 0.2) is 0 Å². The van der Waals surface area contributed by atoms with Crippen LogP contribution < -0.4 is 15.1 Å². The molecular formula is C23H30N6O3. The van der Waals surface area contributed by atoms with E-state index >= 15 is 0 Å². The maximum absolute atomic E-state index is 13.1. The Morgan fingerprint density at radius 3 is 2.28 bits per heavy atom. The highest BCUT2D eigenvalue weighted by atomic mass is 16.5. The second kappa shape index (κ2) is 8.91. The minimum absolute atomic E-state index is 0.0311. The highest BCUT2D eigenvalue weighted by molar-refractivity contribution is 5.98. The van der Waals surface area contributed by atoms with Crippen LogP contribution in [0.2, 0.25) is 0 Å². The fourth-order valence-electron chi connectivity index (χ4n) is 4.39. The van der Waals surface area contributed by atoms with Gasteiger partial charge in [-0.3, -0.25) is 4.79 Å². The first-order valence-electron chi connectivity index (χ1n) is 11.3. The van der Waals surface area contributed by atoms with Crippen LogP contribution in [0.4, 0.5) is 23.1 Å². The number of nitrogens with one attached hydrogen (secondary N) is 1. The number of benzene rings is 1. The second-order valence-electron chi connectivity index (χ2n) is 8.57. The first-order chi connectivity index (χ1) is 15.6. The highest BCUT2D eigenvalue weighted by Gasteiger charge is 2.35. The smallest absolute Gasteiger partial charge is 0.273 e. The van der Waals surface area contributed by atoms with Crippen LogP contribution in [0.3, 0.4) is 0 Å². The number of fused-ring (bicyclic) bond motifs is 1. The second-order valence-corrected chi connectivity index (χ2v) is 8.57. The zero-order valence-corrected chi connectivity index (χ0v) is 18.7. The van der Waals surface area contributed by atoms with Crippen LogP contribution in [-0.2, 0) is 16.0 Å². The summed E-state index contributed by atoms with van der Waals surface area (Å²) < 4.78 is 11.0. The molecule has 3 aliphatic heterocycles. The standard InChI is InChI=1S/C23H30N6O3/c1-16(2)29-15-17-20(22(29)30)25-23(28-9-13-32-14-10-28)26-21(17)24-18-5-3-4-6-19(18)27-7-11-31-12-8-27/h3-6,16H,7-15H2,1-2H3,(H,24,25,26). The number of nitrogens with zero attached hydrogens (tertiary/aromatic N) is 5. The minimum Gasteiger partial charge on any atom is -0.378 e. The van der Waals surface area contributed by atoms with E-state index in [2.05, 4.69) is 27.2 Å². The van der Waals surface area contributed by atoms with Crippen molar-refractivity contribution in [1.82, 2.24) is 14.9 Å². The van der Waals surface area contributed by atoms with E-state index in [-0.39, 0.29) is 11.9 Å². The van der Waals surface area contributed by atoms with Crippen molar-refractivity contribution in [1.29, 1.82) is 0 Å².